The smallest absolute Gasteiger partial charge is 0.272 e. The van der Waals surface area contributed by atoms with E-state index < -0.39 is 0 Å². The first kappa shape index (κ1) is 12.8. The van der Waals surface area contributed by atoms with Crippen LogP contribution in [0.15, 0.2) is 48.5 Å². The van der Waals surface area contributed by atoms with Crippen LogP contribution >= 0.6 is 11.6 Å². The summed E-state index contributed by atoms with van der Waals surface area (Å²) in [6.07, 6.45) is 0. The topological polar surface area (TPSA) is 44.9 Å². The van der Waals surface area contributed by atoms with Gasteiger partial charge in [0.2, 0.25) is 0 Å². The van der Waals surface area contributed by atoms with Crippen molar-refractivity contribution in [2.75, 3.05) is 5.32 Å². The molecule has 4 heteroatoms. The van der Waals surface area contributed by atoms with Crippen LogP contribution in [0.1, 0.15) is 16.1 Å². The zero-order valence-corrected chi connectivity index (χ0v) is 11.7. The van der Waals surface area contributed by atoms with Crippen LogP contribution < -0.4 is 5.32 Å². The molecule has 0 radical (unpaired) electrons. The molecule has 2 N–H and O–H groups in total. The van der Waals surface area contributed by atoms with Gasteiger partial charge in [-0.3, -0.25) is 4.79 Å². The number of carbonyl (C=O) groups is 1. The van der Waals surface area contributed by atoms with Crippen molar-refractivity contribution in [3.05, 3.63) is 64.8 Å². The number of para-hydroxylation sites is 1. The number of nitrogens with one attached hydrogen (secondary N) is 2. The molecule has 20 heavy (non-hydrogen) atoms. The number of anilines is 1. The van der Waals surface area contributed by atoms with Gasteiger partial charge in [0.05, 0.1) is 10.5 Å². The molecule has 0 aliphatic carbocycles. The molecule has 1 heterocycles. The highest BCUT2D eigenvalue weighted by atomic mass is 35.5. The molecule has 3 rings (SSSR count). The van der Waals surface area contributed by atoms with Crippen LogP contribution in [-0.4, -0.2) is 10.9 Å². The Kier molecular flexibility index (Phi) is 3.20. The van der Waals surface area contributed by atoms with E-state index in [9.17, 15) is 4.79 Å². The van der Waals surface area contributed by atoms with E-state index in [1.54, 1.807) is 12.1 Å². The lowest BCUT2D eigenvalue weighted by molar-refractivity contribution is 0.102. The Bertz CT molecular complexity index is 792. The Morgan fingerprint density at radius 2 is 1.95 bits per heavy atom. The SMILES string of the molecule is Cc1cccc(NC(=O)c2cc3cccc(Cl)c3[nH]2)c1. The summed E-state index contributed by atoms with van der Waals surface area (Å²) in [7, 11) is 0. The number of halogens is 1. The largest absolute Gasteiger partial charge is 0.349 e. The summed E-state index contributed by atoms with van der Waals surface area (Å²) in [5, 5.41) is 4.40. The minimum atomic E-state index is -0.178. The van der Waals surface area contributed by atoms with Gasteiger partial charge in [-0.25, -0.2) is 0 Å². The van der Waals surface area contributed by atoms with Crippen molar-refractivity contribution in [1.82, 2.24) is 4.98 Å². The van der Waals surface area contributed by atoms with Crippen molar-refractivity contribution in [3.8, 4) is 0 Å². The highest BCUT2D eigenvalue weighted by Gasteiger charge is 2.11. The van der Waals surface area contributed by atoms with Crippen molar-refractivity contribution in [2.45, 2.75) is 6.92 Å². The molecule has 0 aliphatic heterocycles. The molecule has 1 aromatic heterocycles. The predicted octanol–water partition coefficient (Wildman–Crippen LogP) is 4.38. The van der Waals surface area contributed by atoms with Crippen LogP contribution in [-0.2, 0) is 0 Å². The Morgan fingerprint density at radius 1 is 1.15 bits per heavy atom. The molecule has 0 atom stereocenters. The molecule has 0 saturated heterocycles. The molecule has 0 aliphatic rings. The second-order valence-corrected chi connectivity index (χ2v) is 5.12. The minimum absolute atomic E-state index is 0.178. The van der Waals surface area contributed by atoms with Crippen molar-refractivity contribution in [2.24, 2.45) is 0 Å². The van der Waals surface area contributed by atoms with Crippen LogP contribution in [0.25, 0.3) is 10.9 Å². The summed E-state index contributed by atoms with van der Waals surface area (Å²) in [6, 6.07) is 15.1. The Labute approximate surface area is 121 Å². The lowest BCUT2D eigenvalue weighted by atomic mass is 10.2. The Balaban J connectivity index is 1.91. The molecule has 0 saturated carbocycles. The van der Waals surface area contributed by atoms with Gasteiger partial charge < -0.3 is 10.3 Å². The quantitative estimate of drug-likeness (QED) is 0.720. The number of aromatic nitrogens is 1. The summed E-state index contributed by atoms with van der Waals surface area (Å²) in [5.74, 6) is -0.178. The molecule has 3 aromatic rings. The molecular formula is C16H13ClN2O. The first-order valence-corrected chi connectivity index (χ1v) is 6.66. The first-order chi connectivity index (χ1) is 9.63. The van der Waals surface area contributed by atoms with E-state index in [1.165, 1.54) is 0 Å². The number of rotatable bonds is 2. The minimum Gasteiger partial charge on any atom is -0.349 e. The number of aryl methyl sites for hydroxylation is 1. The van der Waals surface area contributed by atoms with Gasteiger partial charge in [-0.15, -0.1) is 0 Å². The molecule has 100 valence electrons. The summed E-state index contributed by atoms with van der Waals surface area (Å²) >= 11 is 6.09. The average Bonchev–Trinajstić information content (AvgIpc) is 2.84. The van der Waals surface area contributed by atoms with Crippen molar-refractivity contribution >= 4 is 34.1 Å². The molecule has 0 unspecified atom stereocenters. The third-order valence-corrected chi connectivity index (χ3v) is 3.44. The van der Waals surface area contributed by atoms with E-state index >= 15 is 0 Å². The van der Waals surface area contributed by atoms with Gasteiger partial charge in [0.25, 0.3) is 5.91 Å². The van der Waals surface area contributed by atoms with Crippen LogP contribution in [0.2, 0.25) is 5.02 Å². The van der Waals surface area contributed by atoms with Crippen molar-refractivity contribution in [3.63, 3.8) is 0 Å². The number of carbonyl (C=O) groups excluding carboxylic acids is 1. The maximum Gasteiger partial charge on any atom is 0.272 e. The van der Waals surface area contributed by atoms with E-state index in [2.05, 4.69) is 10.3 Å². The van der Waals surface area contributed by atoms with Gasteiger partial charge in [-0.2, -0.15) is 0 Å². The summed E-state index contributed by atoms with van der Waals surface area (Å²) in [4.78, 5) is 15.3. The van der Waals surface area contributed by atoms with E-state index in [1.807, 2.05) is 43.3 Å². The van der Waals surface area contributed by atoms with E-state index in [-0.39, 0.29) is 5.91 Å². The van der Waals surface area contributed by atoms with Gasteiger partial charge in [0.1, 0.15) is 5.69 Å². The zero-order valence-electron chi connectivity index (χ0n) is 10.9. The van der Waals surface area contributed by atoms with Crippen molar-refractivity contribution < 1.29 is 4.79 Å². The Hall–Kier alpha value is -2.26. The number of aromatic amines is 1. The number of benzene rings is 2. The standard InChI is InChI=1S/C16H13ClN2O/c1-10-4-2-6-12(8-10)18-16(20)14-9-11-5-3-7-13(17)15(11)19-14/h2-9,19H,1H3,(H,18,20). The highest BCUT2D eigenvalue weighted by Crippen LogP contribution is 2.23. The lowest BCUT2D eigenvalue weighted by Crippen LogP contribution is -2.12. The zero-order chi connectivity index (χ0) is 14.1. The average molecular weight is 285 g/mol. The molecule has 0 fully saturated rings. The van der Waals surface area contributed by atoms with Gasteiger partial charge in [0, 0.05) is 11.1 Å². The second kappa shape index (κ2) is 5.02. The van der Waals surface area contributed by atoms with Crippen LogP contribution in [0, 0.1) is 6.92 Å². The Morgan fingerprint density at radius 3 is 2.70 bits per heavy atom. The first-order valence-electron chi connectivity index (χ1n) is 6.29. The number of fused-ring (bicyclic) bond motifs is 1. The van der Waals surface area contributed by atoms with E-state index in [0.717, 1.165) is 22.2 Å². The number of H-pyrrole nitrogens is 1. The monoisotopic (exact) mass is 284 g/mol. The number of hydrogen-bond acceptors (Lipinski definition) is 1. The van der Waals surface area contributed by atoms with Crippen LogP contribution in [0.4, 0.5) is 5.69 Å². The van der Waals surface area contributed by atoms with Gasteiger partial charge in [0.15, 0.2) is 0 Å². The third kappa shape index (κ3) is 2.40. The number of hydrogen-bond donors (Lipinski definition) is 2. The second-order valence-electron chi connectivity index (χ2n) is 4.71. The summed E-state index contributed by atoms with van der Waals surface area (Å²) in [6.45, 7) is 1.98. The highest BCUT2D eigenvalue weighted by molar-refractivity contribution is 6.35. The fourth-order valence-corrected chi connectivity index (χ4v) is 2.39. The maximum atomic E-state index is 12.2. The molecule has 0 spiro atoms. The fraction of sp³-hybridized carbons (Fsp3) is 0.0625. The summed E-state index contributed by atoms with van der Waals surface area (Å²) in [5.41, 5.74) is 3.15. The van der Waals surface area contributed by atoms with E-state index in [4.69, 9.17) is 11.6 Å². The van der Waals surface area contributed by atoms with E-state index in [0.29, 0.717) is 10.7 Å². The predicted molar refractivity (Wildman–Crippen MR) is 82.4 cm³/mol. The molecule has 3 nitrogen and oxygen atoms in total. The van der Waals surface area contributed by atoms with Gasteiger partial charge >= 0.3 is 0 Å². The molecular weight excluding hydrogens is 272 g/mol. The summed E-state index contributed by atoms with van der Waals surface area (Å²) < 4.78 is 0. The normalized spacial score (nSPS) is 10.7. The van der Waals surface area contributed by atoms with Crippen LogP contribution in [0.3, 0.4) is 0 Å². The molecule has 0 bridgehead atoms. The van der Waals surface area contributed by atoms with Crippen LogP contribution in [0.5, 0.6) is 0 Å². The molecule has 1 amide bonds. The fourth-order valence-electron chi connectivity index (χ4n) is 2.16. The molecule has 2 aromatic carbocycles. The lowest BCUT2D eigenvalue weighted by Gasteiger charge is -2.04. The third-order valence-electron chi connectivity index (χ3n) is 3.13. The maximum absolute atomic E-state index is 12.2. The van der Waals surface area contributed by atoms with Crippen molar-refractivity contribution in [1.29, 1.82) is 0 Å². The van der Waals surface area contributed by atoms with Gasteiger partial charge in [-0.1, -0.05) is 35.9 Å². The van der Waals surface area contributed by atoms with Gasteiger partial charge in [-0.05, 0) is 36.8 Å². The number of amides is 1.